The summed E-state index contributed by atoms with van der Waals surface area (Å²) in [5, 5.41) is 4.36. The predicted octanol–water partition coefficient (Wildman–Crippen LogP) is 2.38. The molecule has 0 saturated heterocycles. The summed E-state index contributed by atoms with van der Waals surface area (Å²) < 4.78 is 0. The van der Waals surface area contributed by atoms with E-state index in [1.165, 1.54) is 11.3 Å². The molecule has 0 bridgehead atoms. The summed E-state index contributed by atoms with van der Waals surface area (Å²) in [5.74, 6) is -0.0762. The number of ketones is 1. The summed E-state index contributed by atoms with van der Waals surface area (Å²) in [6.45, 7) is 0.359. The van der Waals surface area contributed by atoms with Crippen LogP contribution in [0, 0.1) is 0 Å². The summed E-state index contributed by atoms with van der Waals surface area (Å²) in [5.41, 5.74) is 6.62. The van der Waals surface area contributed by atoms with Gasteiger partial charge in [0.2, 0.25) is 5.78 Å². The molecule has 0 aliphatic rings. The summed E-state index contributed by atoms with van der Waals surface area (Å²) >= 11 is 1.41. The molecule has 0 atom stereocenters. The first-order valence-corrected chi connectivity index (χ1v) is 6.69. The van der Waals surface area contributed by atoms with Crippen molar-refractivity contribution >= 4 is 27.9 Å². The van der Waals surface area contributed by atoms with E-state index >= 15 is 0 Å². The Morgan fingerprint density at radius 2 is 2.21 bits per heavy atom. The van der Waals surface area contributed by atoms with E-state index in [4.69, 9.17) is 5.73 Å². The van der Waals surface area contributed by atoms with E-state index < -0.39 is 0 Å². The Kier molecular flexibility index (Phi) is 3.06. The highest BCUT2D eigenvalue weighted by Gasteiger charge is 2.15. The van der Waals surface area contributed by atoms with Gasteiger partial charge in [0.05, 0.1) is 0 Å². The normalized spacial score (nSPS) is 10.8. The minimum atomic E-state index is -0.0762. The van der Waals surface area contributed by atoms with Crippen LogP contribution >= 0.6 is 11.3 Å². The second kappa shape index (κ2) is 4.87. The molecule has 0 unspecified atom stereocenters. The number of carbonyl (C=O) groups excluding carboxylic acids is 1. The number of aromatic nitrogens is 2. The Morgan fingerprint density at radius 1 is 1.32 bits per heavy atom. The van der Waals surface area contributed by atoms with Crippen molar-refractivity contribution < 1.29 is 4.79 Å². The molecule has 94 valence electrons. The van der Waals surface area contributed by atoms with Crippen LogP contribution in [0.2, 0.25) is 0 Å². The van der Waals surface area contributed by atoms with Gasteiger partial charge in [-0.15, -0.1) is 11.3 Å². The lowest BCUT2D eigenvalue weighted by Crippen LogP contribution is -2.04. The molecule has 0 fully saturated rings. The zero-order valence-electron chi connectivity index (χ0n) is 10.0. The zero-order chi connectivity index (χ0) is 13.2. The van der Waals surface area contributed by atoms with Crippen molar-refractivity contribution in [2.75, 3.05) is 0 Å². The molecule has 2 aromatic heterocycles. The van der Waals surface area contributed by atoms with Crippen molar-refractivity contribution in [3.05, 3.63) is 58.3 Å². The largest absolute Gasteiger partial charge is 0.325 e. The summed E-state index contributed by atoms with van der Waals surface area (Å²) in [6, 6.07) is 7.45. The Bertz CT molecular complexity index is 746. The summed E-state index contributed by atoms with van der Waals surface area (Å²) in [7, 11) is 0. The van der Waals surface area contributed by atoms with Crippen LogP contribution in [0.25, 0.3) is 10.8 Å². The molecule has 0 radical (unpaired) electrons. The van der Waals surface area contributed by atoms with Crippen molar-refractivity contribution in [3.63, 3.8) is 0 Å². The van der Waals surface area contributed by atoms with Crippen LogP contribution in [0.5, 0.6) is 0 Å². The molecule has 0 aliphatic carbocycles. The van der Waals surface area contributed by atoms with Gasteiger partial charge in [-0.05, 0) is 11.5 Å². The summed E-state index contributed by atoms with van der Waals surface area (Å²) in [6.07, 6.45) is 3.43. The topological polar surface area (TPSA) is 68.9 Å². The van der Waals surface area contributed by atoms with Crippen LogP contribution in [0.15, 0.2) is 42.0 Å². The lowest BCUT2D eigenvalue weighted by Gasteiger charge is -2.03. The Hall–Kier alpha value is -2.11. The number of fused-ring (bicyclic) bond motifs is 1. The average Bonchev–Trinajstić information content (AvgIpc) is 2.95. The maximum Gasteiger partial charge on any atom is 0.212 e. The molecule has 5 heteroatoms. The van der Waals surface area contributed by atoms with Crippen molar-refractivity contribution in [1.82, 2.24) is 9.97 Å². The van der Waals surface area contributed by atoms with E-state index in [2.05, 4.69) is 9.97 Å². The highest BCUT2D eigenvalue weighted by Crippen LogP contribution is 2.21. The number of pyridine rings is 1. The van der Waals surface area contributed by atoms with Crippen molar-refractivity contribution in [2.24, 2.45) is 5.73 Å². The number of hydrogen-bond acceptors (Lipinski definition) is 5. The number of carbonyl (C=O) groups is 1. The molecule has 4 nitrogen and oxygen atoms in total. The van der Waals surface area contributed by atoms with Gasteiger partial charge < -0.3 is 5.73 Å². The predicted molar refractivity (Wildman–Crippen MR) is 75.2 cm³/mol. The van der Waals surface area contributed by atoms with E-state index in [0.717, 1.165) is 15.8 Å². The quantitative estimate of drug-likeness (QED) is 0.741. The Labute approximate surface area is 113 Å². The number of hydrogen-bond donors (Lipinski definition) is 1. The molecule has 3 aromatic rings. The van der Waals surface area contributed by atoms with Crippen molar-refractivity contribution in [1.29, 1.82) is 0 Å². The molecule has 1 aromatic carbocycles. The van der Waals surface area contributed by atoms with Crippen LogP contribution in [0.1, 0.15) is 21.1 Å². The lowest BCUT2D eigenvalue weighted by atomic mass is 10.0. The van der Waals surface area contributed by atoms with Gasteiger partial charge in [0.15, 0.2) is 0 Å². The maximum absolute atomic E-state index is 12.5. The van der Waals surface area contributed by atoms with Gasteiger partial charge in [-0.25, -0.2) is 4.98 Å². The fraction of sp³-hybridized carbons (Fsp3) is 0.0714. The maximum atomic E-state index is 12.5. The second-order valence-corrected chi connectivity index (χ2v) is 5.00. The summed E-state index contributed by atoms with van der Waals surface area (Å²) in [4.78, 5) is 20.8. The first kappa shape index (κ1) is 12.0. The molecule has 3 rings (SSSR count). The van der Waals surface area contributed by atoms with Crippen LogP contribution < -0.4 is 5.73 Å². The molecular formula is C14H11N3OS. The monoisotopic (exact) mass is 269 g/mol. The third-order valence-corrected chi connectivity index (χ3v) is 3.76. The molecule has 2 heterocycles. The fourth-order valence-electron chi connectivity index (χ4n) is 1.97. The molecule has 2 N–H and O–H groups in total. The smallest absolute Gasteiger partial charge is 0.212 e. The van der Waals surface area contributed by atoms with Gasteiger partial charge in [-0.2, -0.15) is 0 Å². The van der Waals surface area contributed by atoms with Gasteiger partial charge in [-0.3, -0.25) is 9.78 Å². The van der Waals surface area contributed by atoms with E-state index in [1.54, 1.807) is 17.8 Å². The lowest BCUT2D eigenvalue weighted by molar-refractivity contribution is 0.103. The van der Waals surface area contributed by atoms with Crippen LogP contribution in [-0.4, -0.2) is 15.8 Å². The van der Waals surface area contributed by atoms with Crippen molar-refractivity contribution in [3.8, 4) is 0 Å². The number of nitrogens with zero attached hydrogens (tertiary/aromatic N) is 2. The van der Waals surface area contributed by atoms with Gasteiger partial charge in [-0.1, -0.05) is 18.2 Å². The van der Waals surface area contributed by atoms with E-state index in [1.807, 2.05) is 24.3 Å². The van der Waals surface area contributed by atoms with Gasteiger partial charge in [0.1, 0.15) is 10.7 Å². The van der Waals surface area contributed by atoms with Crippen LogP contribution in [0.3, 0.4) is 0 Å². The third kappa shape index (κ3) is 2.14. The minimum Gasteiger partial charge on any atom is -0.325 e. The van der Waals surface area contributed by atoms with E-state index in [0.29, 0.717) is 17.8 Å². The fourth-order valence-corrected chi connectivity index (χ4v) is 2.62. The van der Waals surface area contributed by atoms with Gasteiger partial charge >= 0.3 is 0 Å². The molecule has 0 aliphatic heterocycles. The highest BCUT2D eigenvalue weighted by molar-refractivity contribution is 7.09. The van der Waals surface area contributed by atoms with Crippen molar-refractivity contribution in [2.45, 2.75) is 6.54 Å². The number of nitrogens with two attached hydrogens (primary N) is 1. The number of thiazole rings is 1. The highest BCUT2D eigenvalue weighted by atomic mass is 32.1. The van der Waals surface area contributed by atoms with E-state index in [-0.39, 0.29) is 5.78 Å². The molecule has 19 heavy (non-hydrogen) atoms. The SMILES string of the molecule is NCc1nc(C(=O)c2cccc3cnccc23)cs1. The third-order valence-electron chi connectivity index (χ3n) is 2.88. The van der Waals surface area contributed by atoms with E-state index in [9.17, 15) is 4.79 Å². The van der Waals surface area contributed by atoms with Crippen LogP contribution in [-0.2, 0) is 6.54 Å². The number of benzene rings is 1. The van der Waals surface area contributed by atoms with Gasteiger partial charge in [0, 0.05) is 35.3 Å². The van der Waals surface area contributed by atoms with Gasteiger partial charge in [0.25, 0.3) is 0 Å². The molecule has 0 amide bonds. The van der Waals surface area contributed by atoms with Crippen LogP contribution in [0.4, 0.5) is 0 Å². The number of rotatable bonds is 3. The molecular weight excluding hydrogens is 258 g/mol. The first-order valence-electron chi connectivity index (χ1n) is 5.81. The average molecular weight is 269 g/mol. The standard InChI is InChI=1S/C14H11N3OS/c15-6-13-17-12(8-19-13)14(18)11-3-1-2-9-7-16-5-4-10(9)11/h1-5,7-8H,6,15H2. The first-order chi connectivity index (χ1) is 9.29. The Balaban J connectivity index is 2.11. The molecule has 0 spiro atoms. The second-order valence-electron chi connectivity index (χ2n) is 4.06. The molecule has 0 saturated carbocycles. The zero-order valence-corrected chi connectivity index (χ0v) is 10.9. The Morgan fingerprint density at radius 3 is 3.00 bits per heavy atom. The minimum absolute atomic E-state index is 0.0762.